The van der Waals surface area contributed by atoms with Crippen molar-refractivity contribution in [3.63, 3.8) is 0 Å². The molecule has 1 aromatic heterocycles. The smallest absolute Gasteiger partial charge is 0.270 e. The second-order valence-electron chi connectivity index (χ2n) is 5.71. The van der Waals surface area contributed by atoms with Crippen LogP contribution in [-0.2, 0) is 6.54 Å². The second kappa shape index (κ2) is 7.54. The summed E-state index contributed by atoms with van der Waals surface area (Å²) in [6, 6.07) is 9.83. The van der Waals surface area contributed by atoms with Crippen molar-refractivity contribution in [2.24, 2.45) is 5.92 Å². The van der Waals surface area contributed by atoms with Crippen molar-refractivity contribution in [1.29, 1.82) is 0 Å². The Morgan fingerprint density at radius 1 is 1.27 bits per heavy atom. The molecule has 0 aliphatic carbocycles. The molecule has 22 heavy (non-hydrogen) atoms. The Bertz CT molecular complexity index is 640. The van der Waals surface area contributed by atoms with Crippen molar-refractivity contribution in [1.82, 2.24) is 15.3 Å². The van der Waals surface area contributed by atoms with Crippen molar-refractivity contribution in [3.05, 3.63) is 53.3 Å². The van der Waals surface area contributed by atoms with Crippen LogP contribution in [0.2, 0.25) is 0 Å². The van der Waals surface area contributed by atoms with Crippen molar-refractivity contribution in [2.75, 3.05) is 11.9 Å². The van der Waals surface area contributed by atoms with E-state index in [0.29, 0.717) is 30.6 Å². The number of aromatic nitrogens is 2. The summed E-state index contributed by atoms with van der Waals surface area (Å²) in [6.45, 7) is 7.41. The highest BCUT2D eigenvalue weighted by Crippen LogP contribution is 2.07. The fraction of sp³-hybridized carbons (Fsp3) is 0.353. The average molecular weight is 298 g/mol. The number of nitrogens with one attached hydrogen (secondary N) is 2. The minimum Gasteiger partial charge on any atom is -0.350 e. The fourth-order valence-corrected chi connectivity index (χ4v) is 1.96. The van der Waals surface area contributed by atoms with E-state index >= 15 is 0 Å². The summed E-state index contributed by atoms with van der Waals surface area (Å²) in [5.74, 6) is 0.693. The lowest BCUT2D eigenvalue weighted by Gasteiger charge is -2.09. The Labute approximate surface area is 131 Å². The highest BCUT2D eigenvalue weighted by molar-refractivity contribution is 5.92. The number of nitrogens with zero attached hydrogens (tertiary/aromatic N) is 2. The largest absolute Gasteiger partial charge is 0.350 e. The minimum absolute atomic E-state index is 0.172. The first-order chi connectivity index (χ1) is 10.5. The van der Waals surface area contributed by atoms with E-state index in [1.54, 1.807) is 12.3 Å². The van der Waals surface area contributed by atoms with Crippen LogP contribution in [0.5, 0.6) is 0 Å². The highest BCUT2D eigenvalue weighted by atomic mass is 16.1. The fourth-order valence-electron chi connectivity index (χ4n) is 1.96. The standard InChI is InChI=1S/C17H22N4O/c1-12(2)10-19-16(22)15-7-8-18-17(21-15)20-11-14-6-4-5-13(3)9-14/h4-9,12H,10-11H2,1-3H3,(H,19,22)(H,18,20,21). The first kappa shape index (κ1) is 15.9. The number of hydrogen-bond acceptors (Lipinski definition) is 4. The maximum atomic E-state index is 12.0. The minimum atomic E-state index is -0.172. The molecule has 0 bridgehead atoms. The maximum absolute atomic E-state index is 12.0. The highest BCUT2D eigenvalue weighted by Gasteiger charge is 2.09. The molecule has 0 saturated carbocycles. The van der Waals surface area contributed by atoms with Crippen LogP contribution in [0.3, 0.4) is 0 Å². The molecule has 1 amide bonds. The Morgan fingerprint density at radius 2 is 2.09 bits per heavy atom. The van der Waals surface area contributed by atoms with Crippen LogP contribution in [0.1, 0.15) is 35.5 Å². The zero-order valence-electron chi connectivity index (χ0n) is 13.3. The SMILES string of the molecule is Cc1cccc(CNc2nccc(C(=O)NCC(C)C)n2)c1. The molecule has 2 aromatic rings. The van der Waals surface area contributed by atoms with Gasteiger partial charge in [-0.1, -0.05) is 43.7 Å². The third kappa shape index (κ3) is 4.84. The van der Waals surface area contributed by atoms with Crippen LogP contribution in [0.25, 0.3) is 0 Å². The van der Waals surface area contributed by atoms with Gasteiger partial charge in [-0.2, -0.15) is 0 Å². The van der Waals surface area contributed by atoms with Gasteiger partial charge in [-0.05, 0) is 24.5 Å². The van der Waals surface area contributed by atoms with Crippen molar-refractivity contribution in [2.45, 2.75) is 27.3 Å². The van der Waals surface area contributed by atoms with Crippen LogP contribution in [0, 0.1) is 12.8 Å². The van der Waals surface area contributed by atoms with Gasteiger partial charge in [0, 0.05) is 19.3 Å². The number of anilines is 1. The van der Waals surface area contributed by atoms with Gasteiger partial charge in [0.25, 0.3) is 5.91 Å². The van der Waals surface area contributed by atoms with Gasteiger partial charge in [0.2, 0.25) is 5.95 Å². The topological polar surface area (TPSA) is 66.9 Å². The van der Waals surface area contributed by atoms with Gasteiger partial charge in [0.1, 0.15) is 5.69 Å². The van der Waals surface area contributed by atoms with Gasteiger partial charge < -0.3 is 10.6 Å². The monoisotopic (exact) mass is 298 g/mol. The molecule has 0 saturated heterocycles. The Morgan fingerprint density at radius 3 is 2.82 bits per heavy atom. The van der Waals surface area contributed by atoms with Crippen molar-refractivity contribution < 1.29 is 4.79 Å². The molecule has 5 nitrogen and oxygen atoms in total. The lowest BCUT2D eigenvalue weighted by molar-refractivity contribution is 0.0944. The molecule has 1 aromatic carbocycles. The molecule has 1 heterocycles. The number of rotatable bonds is 6. The zero-order chi connectivity index (χ0) is 15.9. The predicted molar refractivity (Wildman–Crippen MR) is 87.7 cm³/mol. The van der Waals surface area contributed by atoms with Gasteiger partial charge in [-0.25, -0.2) is 9.97 Å². The summed E-state index contributed by atoms with van der Waals surface area (Å²) < 4.78 is 0. The Kier molecular flexibility index (Phi) is 5.47. The summed E-state index contributed by atoms with van der Waals surface area (Å²) in [5, 5.41) is 6.00. The third-order valence-corrected chi connectivity index (χ3v) is 3.09. The molecule has 0 radical (unpaired) electrons. The molecule has 5 heteroatoms. The van der Waals surface area contributed by atoms with E-state index in [2.05, 4.69) is 53.5 Å². The first-order valence-corrected chi connectivity index (χ1v) is 7.45. The summed E-state index contributed by atoms with van der Waals surface area (Å²) in [6.07, 6.45) is 1.59. The van der Waals surface area contributed by atoms with E-state index in [1.807, 2.05) is 12.1 Å². The second-order valence-corrected chi connectivity index (χ2v) is 5.71. The average Bonchev–Trinajstić information content (AvgIpc) is 2.51. The summed E-state index contributed by atoms with van der Waals surface area (Å²) in [5.41, 5.74) is 2.74. The molecular weight excluding hydrogens is 276 g/mol. The normalized spacial score (nSPS) is 10.5. The van der Waals surface area contributed by atoms with Gasteiger partial charge in [-0.15, -0.1) is 0 Å². The van der Waals surface area contributed by atoms with Crippen LogP contribution in [-0.4, -0.2) is 22.4 Å². The molecule has 116 valence electrons. The first-order valence-electron chi connectivity index (χ1n) is 7.45. The lowest BCUT2D eigenvalue weighted by Crippen LogP contribution is -2.28. The Balaban J connectivity index is 1.97. The number of aryl methyl sites for hydroxylation is 1. The lowest BCUT2D eigenvalue weighted by atomic mass is 10.1. The van der Waals surface area contributed by atoms with Gasteiger partial charge in [-0.3, -0.25) is 4.79 Å². The molecule has 0 aliphatic rings. The number of hydrogen-bond donors (Lipinski definition) is 2. The van der Waals surface area contributed by atoms with Crippen molar-refractivity contribution in [3.8, 4) is 0 Å². The van der Waals surface area contributed by atoms with Crippen LogP contribution >= 0.6 is 0 Å². The third-order valence-electron chi connectivity index (χ3n) is 3.09. The molecular formula is C17H22N4O. The van der Waals surface area contributed by atoms with E-state index in [0.717, 1.165) is 5.56 Å². The van der Waals surface area contributed by atoms with E-state index in [1.165, 1.54) is 5.56 Å². The van der Waals surface area contributed by atoms with Crippen LogP contribution in [0.15, 0.2) is 36.5 Å². The van der Waals surface area contributed by atoms with Crippen LogP contribution in [0.4, 0.5) is 5.95 Å². The molecule has 2 N–H and O–H groups in total. The maximum Gasteiger partial charge on any atom is 0.270 e. The molecule has 0 spiro atoms. The van der Waals surface area contributed by atoms with Gasteiger partial charge in [0.15, 0.2) is 0 Å². The van der Waals surface area contributed by atoms with E-state index in [9.17, 15) is 4.79 Å². The summed E-state index contributed by atoms with van der Waals surface area (Å²) >= 11 is 0. The van der Waals surface area contributed by atoms with Gasteiger partial charge >= 0.3 is 0 Å². The van der Waals surface area contributed by atoms with Gasteiger partial charge in [0.05, 0.1) is 0 Å². The van der Waals surface area contributed by atoms with E-state index in [-0.39, 0.29) is 5.91 Å². The molecule has 0 aliphatic heterocycles. The van der Waals surface area contributed by atoms with E-state index < -0.39 is 0 Å². The number of amides is 1. The molecule has 2 rings (SSSR count). The number of carbonyl (C=O) groups is 1. The molecule has 0 atom stereocenters. The van der Waals surface area contributed by atoms with Crippen LogP contribution < -0.4 is 10.6 Å². The quantitative estimate of drug-likeness (QED) is 0.860. The number of carbonyl (C=O) groups excluding carboxylic acids is 1. The zero-order valence-corrected chi connectivity index (χ0v) is 13.3. The summed E-state index contributed by atoms with van der Waals surface area (Å²) in [7, 11) is 0. The van der Waals surface area contributed by atoms with Crippen molar-refractivity contribution >= 4 is 11.9 Å². The predicted octanol–water partition coefficient (Wildman–Crippen LogP) is 2.78. The molecule has 0 unspecified atom stereocenters. The molecule has 0 fully saturated rings. The summed E-state index contributed by atoms with van der Waals surface area (Å²) in [4.78, 5) is 20.4. The van der Waals surface area contributed by atoms with E-state index in [4.69, 9.17) is 0 Å². The number of benzene rings is 1. The Hall–Kier alpha value is -2.43.